The average molecular weight is 222 g/mol. The Morgan fingerprint density at radius 3 is 3.12 bits per heavy atom. The zero-order chi connectivity index (χ0) is 11.2. The summed E-state index contributed by atoms with van der Waals surface area (Å²) in [4.78, 5) is 0. The van der Waals surface area contributed by atoms with Gasteiger partial charge in [0.25, 0.3) is 0 Å². The summed E-state index contributed by atoms with van der Waals surface area (Å²) in [5, 5.41) is 9.24. The van der Waals surface area contributed by atoms with Gasteiger partial charge in [0.05, 0.1) is 12.7 Å². The first kappa shape index (κ1) is 11.3. The van der Waals surface area contributed by atoms with E-state index in [-0.39, 0.29) is 5.75 Å². The van der Waals surface area contributed by atoms with E-state index < -0.39 is 0 Å². The van der Waals surface area contributed by atoms with Crippen LogP contribution in [-0.4, -0.2) is 24.4 Å². The molecule has 1 aliphatic heterocycles. The summed E-state index contributed by atoms with van der Waals surface area (Å²) >= 11 is 0. The monoisotopic (exact) mass is 222 g/mol. The maximum absolute atomic E-state index is 9.24. The third-order valence-corrected chi connectivity index (χ3v) is 2.78. The molecule has 16 heavy (non-hydrogen) atoms. The van der Waals surface area contributed by atoms with E-state index in [0.29, 0.717) is 12.7 Å². The molecule has 0 aromatic heterocycles. The molecule has 3 heteroatoms. The Morgan fingerprint density at radius 1 is 1.44 bits per heavy atom. The lowest BCUT2D eigenvalue weighted by Crippen LogP contribution is -2.07. The van der Waals surface area contributed by atoms with E-state index >= 15 is 0 Å². The summed E-state index contributed by atoms with van der Waals surface area (Å²) in [6, 6.07) is 6.90. The Morgan fingerprint density at radius 2 is 2.38 bits per heavy atom. The molecular weight excluding hydrogens is 204 g/mol. The molecule has 0 amide bonds. The van der Waals surface area contributed by atoms with Crippen LogP contribution < -0.4 is 4.74 Å². The van der Waals surface area contributed by atoms with Crippen LogP contribution >= 0.6 is 0 Å². The van der Waals surface area contributed by atoms with Crippen LogP contribution in [0.15, 0.2) is 24.3 Å². The molecule has 0 bridgehead atoms. The van der Waals surface area contributed by atoms with Crippen molar-refractivity contribution in [3.05, 3.63) is 24.3 Å². The van der Waals surface area contributed by atoms with Gasteiger partial charge < -0.3 is 14.6 Å². The standard InChI is InChI=1S/C13H18O3/c14-11-4-1-5-13(10-11)16-9-3-7-12-6-2-8-15-12/h1,4-5,10,12,14H,2-3,6-9H2. The summed E-state index contributed by atoms with van der Waals surface area (Å²) in [5.41, 5.74) is 0. The maximum atomic E-state index is 9.24. The number of rotatable bonds is 5. The van der Waals surface area contributed by atoms with Crippen LogP contribution in [0.4, 0.5) is 0 Å². The first-order valence-electron chi connectivity index (χ1n) is 5.88. The molecule has 0 spiro atoms. The number of aromatic hydroxyl groups is 1. The van der Waals surface area contributed by atoms with Crippen molar-refractivity contribution in [1.82, 2.24) is 0 Å². The summed E-state index contributed by atoms with van der Waals surface area (Å²) in [7, 11) is 0. The van der Waals surface area contributed by atoms with Gasteiger partial charge in [0.2, 0.25) is 0 Å². The van der Waals surface area contributed by atoms with E-state index in [1.807, 2.05) is 6.07 Å². The van der Waals surface area contributed by atoms with E-state index in [1.54, 1.807) is 18.2 Å². The van der Waals surface area contributed by atoms with Gasteiger partial charge in [-0.15, -0.1) is 0 Å². The van der Waals surface area contributed by atoms with E-state index in [0.717, 1.165) is 25.2 Å². The van der Waals surface area contributed by atoms with Crippen molar-refractivity contribution in [2.24, 2.45) is 0 Å². The summed E-state index contributed by atoms with van der Waals surface area (Å²) in [5.74, 6) is 0.976. The molecule has 1 saturated heterocycles. The zero-order valence-corrected chi connectivity index (χ0v) is 9.39. The Labute approximate surface area is 96.0 Å². The van der Waals surface area contributed by atoms with E-state index in [9.17, 15) is 5.11 Å². The fraction of sp³-hybridized carbons (Fsp3) is 0.538. The second-order valence-electron chi connectivity index (χ2n) is 4.12. The number of benzene rings is 1. The van der Waals surface area contributed by atoms with Crippen LogP contribution in [0.3, 0.4) is 0 Å². The predicted octanol–water partition coefficient (Wildman–Crippen LogP) is 2.73. The Kier molecular flexibility index (Phi) is 4.05. The fourth-order valence-electron chi connectivity index (χ4n) is 1.95. The number of phenols is 1. The topological polar surface area (TPSA) is 38.7 Å². The van der Waals surface area contributed by atoms with Crippen molar-refractivity contribution in [3.8, 4) is 11.5 Å². The molecule has 1 aromatic rings. The highest BCUT2D eigenvalue weighted by atomic mass is 16.5. The van der Waals surface area contributed by atoms with Crippen molar-refractivity contribution in [3.63, 3.8) is 0 Å². The van der Waals surface area contributed by atoms with Crippen LogP contribution in [0.2, 0.25) is 0 Å². The number of phenolic OH excluding ortho intramolecular Hbond substituents is 1. The molecule has 1 aromatic carbocycles. The van der Waals surface area contributed by atoms with Gasteiger partial charge in [-0.3, -0.25) is 0 Å². The van der Waals surface area contributed by atoms with Crippen LogP contribution in [0.1, 0.15) is 25.7 Å². The fourth-order valence-corrected chi connectivity index (χ4v) is 1.95. The SMILES string of the molecule is Oc1cccc(OCCCC2CCCO2)c1. The molecule has 88 valence electrons. The molecule has 2 rings (SSSR count). The number of ether oxygens (including phenoxy) is 2. The van der Waals surface area contributed by atoms with Crippen molar-refractivity contribution in [1.29, 1.82) is 0 Å². The average Bonchev–Trinajstić information content (AvgIpc) is 2.77. The van der Waals surface area contributed by atoms with E-state index in [2.05, 4.69) is 0 Å². The molecule has 1 heterocycles. The normalized spacial score (nSPS) is 19.9. The predicted molar refractivity (Wildman–Crippen MR) is 61.8 cm³/mol. The van der Waals surface area contributed by atoms with Crippen molar-refractivity contribution < 1.29 is 14.6 Å². The van der Waals surface area contributed by atoms with Gasteiger partial charge in [-0.1, -0.05) is 6.07 Å². The number of hydrogen-bond acceptors (Lipinski definition) is 3. The van der Waals surface area contributed by atoms with E-state index in [4.69, 9.17) is 9.47 Å². The van der Waals surface area contributed by atoms with Crippen LogP contribution in [0, 0.1) is 0 Å². The number of hydrogen-bond donors (Lipinski definition) is 1. The summed E-state index contributed by atoms with van der Waals surface area (Å²) in [6.07, 6.45) is 4.89. The summed E-state index contributed by atoms with van der Waals surface area (Å²) < 4.78 is 11.1. The molecule has 0 aliphatic carbocycles. The quantitative estimate of drug-likeness (QED) is 0.778. The van der Waals surface area contributed by atoms with Crippen LogP contribution in [-0.2, 0) is 4.74 Å². The minimum absolute atomic E-state index is 0.247. The zero-order valence-electron chi connectivity index (χ0n) is 9.39. The Hall–Kier alpha value is -1.22. The minimum Gasteiger partial charge on any atom is -0.508 e. The van der Waals surface area contributed by atoms with Gasteiger partial charge in [-0.05, 0) is 37.8 Å². The van der Waals surface area contributed by atoms with Crippen LogP contribution in [0.5, 0.6) is 11.5 Å². The van der Waals surface area contributed by atoms with Crippen molar-refractivity contribution >= 4 is 0 Å². The van der Waals surface area contributed by atoms with Gasteiger partial charge in [0.1, 0.15) is 11.5 Å². The molecule has 1 N–H and O–H groups in total. The van der Waals surface area contributed by atoms with Crippen molar-refractivity contribution in [2.45, 2.75) is 31.8 Å². The van der Waals surface area contributed by atoms with Gasteiger partial charge in [0, 0.05) is 12.7 Å². The third-order valence-electron chi connectivity index (χ3n) is 2.78. The molecule has 0 radical (unpaired) electrons. The second kappa shape index (κ2) is 5.75. The molecule has 1 fully saturated rings. The molecule has 0 saturated carbocycles. The second-order valence-corrected chi connectivity index (χ2v) is 4.12. The van der Waals surface area contributed by atoms with Crippen LogP contribution in [0.25, 0.3) is 0 Å². The molecule has 1 aliphatic rings. The lowest BCUT2D eigenvalue weighted by atomic mass is 10.1. The van der Waals surface area contributed by atoms with Gasteiger partial charge >= 0.3 is 0 Å². The maximum Gasteiger partial charge on any atom is 0.122 e. The molecule has 1 atom stereocenters. The Balaban J connectivity index is 1.64. The molecule has 1 unspecified atom stereocenters. The first-order chi connectivity index (χ1) is 7.84. The lowest BCUT2D eigenvalue weighted by Gasteiger charge is -2.10. The molecular formula is C13H18O3. The van der Waals surface area contributed by atoms with E-state index in [1.165, 1.54) is 12.8 Å². The highest BCUT2D eigenvalue weighted by Gasteiger charge is 2.14. The Bertz CT molecular complexity index is 319. The largest absolute Gasteiger partial charge is 0.508 e. The lowest BCUT2D eigenvalue weighted by molar-refractivity contribution is 0.0981. The minimum atomic E-state index is 0.247. The highest BCUT2D eigenvalue weighted by Crippen LogP contribution is 2.19. The van der Waals surface area contributed by atoms with Crippen molar-refractivity contribution in [2.75, 3.05) is 13.2 Å². The van der Waals surface area contributed by atoms with Gasteiger partial charge in [-0.25, -0.2) is 0 Å². The highest BCUT2D eigenvalue weighted by molar-refractivity contribution is 5.31. The first-order valence-corrected chi connectivity index (χ1v) is 5.88. The van der Waals surface area contributed by atoms with Gasteiger partial charge in [0.15, 0.2) is 0 Å². The smallest absolute Gasteiger partial charge is 0.122 e. The molecule has 3 nitrogen and oxygen atoms in total. The van der Waals surface area contributed by atoms with Gasteiger partial charge in [-0.2, -0.15) is 0 Å². The summed E-state index contributed by atoms with van der Waals surface area (Å²) in [6.45, 7) is 1.60. The third kappa shape index (κ3) is 3.42.